The van der Waals surface area contributed by atoms with Crippen LogP contribution < -0.4 is 5.32 Å². The molecule has 0 aliphatic heterocycles. The van der Waals surface area contributed by atoms with Crippen LogP contribution in [-0.4, -0.2) is 27.0 Å². The maximum Gasteiger partial charge on any atom is 0.306 e. The largest absolute Gasteiger partial charge is 0.506 e. The lowest BCUT2D eigenvalue weighted by molar-refractivity contribution is -0.384. The maximum absolute atomic E-state index is 11.8. The minimum atomic E-state index is -0.957. The van der Waals surface area contributed by atoms with E-state index in [0.29, 0.717) is 0 Å². The van der Waals surface area contributed by atoms with E-state index in [1.165, 1.54) is 6.07 Å². The van der Waals surface area contributed by atoms with Crippen molar-refractivity contribution in [1.29, 1.82) is 0 Å². The van der Waals surface area contributed by atoms with Crippen molar-refractivity contribution in [2.75, 3.05) is 5.32 Å². The number of carbonyl (C=O) groups excluding carboxylic acids is 1. The Labute approximate surface area is 126 Å². The number of amides is 1. The fourth-order valence-corrected chi connectivity index (χ4v) is 1.98. The molecule has 0 heterocycles. The van der Waals surface area contributed by atoms with Crippen molar-refractivity contribution in [1.82, 2.24) is 0 Å². The molecule has 0 spiro atoms. The first-order chi connectivity index (χ1) is 10.2. The molecule has 1 aromatic carbocycles. The van der Waals surface area contributed by atoms with E-state index in [0.717, 1.165) is 12.1 Å². The van der Waals surface area contributed by atoms with Gasteiger partial charge in [-0.1, -0.05) is 13.8 Å². The molecule has 120 valence electrons. The number of nitro benzene ring substituents is 1. The number of carboxylic acids is 1. The van der Waals surface area contributed by atoms with Gasteiger partial charge in [0.1, 0.15) is 5.75 Å². The van der Waals surface area contributed by atoms with Gasteiger partial charge in [-0.2, -0.15) is 0 Å². The highest BCUT2D eigenvalue weighted by Gasteiger charge is 2.22. The van der Waals surface area contributed by atoms with Gasteiger partial charge in [0, 0.05) is 12.5 Å². The van der Waals surface area contributed by atoms with Crippen LogP contribution in [0.3, 0.4) is 0 Å². The molecule has 8 nitrogen and oxygen atoms in total. The summed E-state index contributed by atoms with van der Waals surface area (Å²) in [6, 6.07) is 3.32. The summed E-state index contributed by atoms with van der Waals surface area (Å²) in [6.45, 7) is 3.53. The zero-order valence-corrected chi connectivity index (χ0v) is 12.3. The molecule has 1 unspecified atom stereocenters. The molecule has 0 bridgehead atoms. The first-order valence-corrected chi connectivity index (χ1v) is 6.72. The number of non-ortho nitro benzene ring substituents is 1. The lowest BCUT2D eigenvalue weighted by atomic mass is 9.91. The number of carbonyl (C=O) groups is 2. The number of rotatable bonds is 7. The zero-order valence-electron chi connectivity index (χ0n) is 12.3. The summed E-state index contributed by atoms with van der Waals surface area (Å²) in [4.78, 5) is 32.7. The van der Waals surface area contributed by atoms with E-state index in [2.05, 4.69) is 5.32 Å². The molecule has 3 N–H and O–H groups in total. The average Bonchev–Trinajstić information content (AvgIpc) is 2.40. The number of hydrogen-bond acceptors (Lipinski definition) is 5. The third-order valence-corrected chi connectivity index (χ3v) is 3.27. The Kier molecular flexibility index (Phi) is 5.85. The number of nitro groups is 1. The molecule has 0 saturated carbocycles. The number of anilines is 1. The van der Waals surface area contributed by atoms with Gasteiger partial charge in [0.25, 0.3) is 5.69 Å². The van der Waals surface area contributed by atoms with Gasteiger partial charge in [-0.15, -0.1) is 0 Å². The van der Waals surface area contributed by atoms with Crippen LogP contribution in [0.5, 0.6) is 5.75 Å². The van der Waals surface area contributed by atoms with Crippen molar-refractivity contribution in [2.24, 2.45) is 11.8 Å². The number of carboxylic acid groups (broad SMARTS) is 1. The summed E-state index contributed by atoms with van der Waals surface area (Å²) in [6.07, 6.45) is 0.151. The van der Waals surface area contributed by atoms with Gasteiger partial charge >= 0.3 is 5.97 Å². The van der Waals surface area contributed by atoms with E-state index in [9.17, 15) is 24.8 Å². The number of phenolic OH excluding ortho intramolecular Hbond substituents is 1. The van der Waals surface area contributed by atoms with Crippen molar-refractivity contribution in [3.63, 3.8) is 0 Å². The van der Waals surface area contributed by atoms with Gasteiger partial charge in [-0.05, 0) is 18.4 Å². The van der Waals surface area contributed by atoms with Crippen LogP contribution in [-0.2, 0) is 9.59 Å². The Morgan fingerprint density at radius 1 is 1.36 bits per heavy atom. The second-order valence-electron chi connectivity index (χ2n) is 5.23. The number of nitrogens with one attached hydrogen (secondary N) is 1. The molecular weight excluding hydrogens is 292 g/mol. The molecule has 1 rings (SSSR count). The first kappa shape index (κ1) is 17.4. The zero-order chi connectivity index (χ0) is 16.9. The standard InChI is InChI=1S/C14H18N2O6/c1-8(2)10(14(19)20)4-6-13(18)15-11-5-3-9(16(21)22)7-12(11)17/h3,5,7-8,10,17H,4,6H2,1-2H3,(H,15,18)(H,19,20). The Morgan fingerprint density at radius 2 is 2.00 bits per heavy atom. The fourth-order valence-electron chi connectivity index (χ4n) is 1.98. The predicted octanol–water partition coefficient (Wildman–Crippen LogP) is 2.38. The quantitative estimate of drug-likeness (QED) is 0.402. The lowest BCUT2D eigenvalue weighted by Crippen LogP contribution is -2.22. The van der Waals surface area contributed by atoms with Gasteiger partial charge in [-0.25, -0.2) is 0 Å². The third kappa shape index (κ3) is 4.72. The second kappa shape index (κ2) is 7.39. The average molecular weight is 310 g/mol. The van der Waals surface area contributed by atoms with E-state index in [1.807, 2.05) is 0 Å². The summed E-state index contributed by atoms with van der Waals surface area (Å²) in [5, 5.41) is 31.6. The van der Waals surface area contributed by atoms with Gasteiger partial charge < -0.3 is 15.5 Å². The number of nitrogens with zero attached hydrogens (tertiary/aromatic N) is 1. The molecule has 0 aliphatic rings. The molecule has 1 aromatic rings. The van der Waals surface area contributed by atoms with Crippen LogP contribution in [0.15, 0.2) is 18.2 Å². The van der Waals surface area contributed by atoms with Crippen LogP contribution in [0.2, 0.25) is 0 Å². The Bertz CT molecular complexity index is 585. The normalized spacial score (nSPS) is 12.0. The molecule has 22 heavy (non-hydrogen) atoms. The molecule has 0 fully saturated rings. The van der Waals surface area contributed by atoms with Gasteiger partial charge in [0.05, 0.1) is 22.6 Å². The van der Waals surface area contributed by atoms with E-state index in [4.69, 9.17) is 5.11 Å². The highest BCUT2D eigenvalue weighted by molar-refractivity contribution is 5.92. The number of benzene rings is 1. The van der Waals surface area contributed by atoms with E-state index < -0.39 is 28.5 Å². The van der Waals surface area contributed by atoms with E-state index >= 15 is 0 Å². The van der Waals surface area contributed by atoms with Crippen LogP contribution in [0.25, 0.3) is 0 Å². The molecule has 1 amide bonds. The minimum absolute atomic E-state index is 0.0222. The highest BCUT2D eigenvalue weighted by Crippen LogP contribution is 2.28. The minimum Gasteiger partial charge on any atom is -0.506 e. The van der Waals surface area contributed by atoms with Crippen molar-refractivity contribution < 1.29 is 24.7 Å². The molecule has 0 saturated heterocycles. The molecule has 1 atom stereocenters. The van der Waals surface area contributed by atoms with E-state index in [1.54, 1.807) is 13.8 Å². The molecule has 8 heteroatoms. The first-order valence-electron chi connectivity index (χ1n) is 6.72. The molecular formula is C14H18N2O6. The van der Waals surface area contributed by atoms with Crippen molar-refractivity contribution in [3.05, 3.63) is 28.3 Å². The predicted molar refractivity (Wildman–Crippen MR) is 78.6 cm³/mol. The number of aromatic hydroxyl groups is 1. The molecule has 0 aromatic heterocycles. The second-order valence-corrected chi connectivity index (χ2v) is 5.23. The number of phenols is 1. The van der Waals surface area contributed by atoms with Gasteiger partial charge in [0.2, 0.25) is 5.91 Å². The smallest absolute Gasteiger partial charge is 0.306 e. The summed E-state index contributed by atoms with van der Waals surface area (Å²) in [5.41, 5.74) is -0.242. The Morgan fingerprint density at radius 3 is 2.45 bits per heavy atom. The van der Waals surface area contributed by atoms with Crippen LogP contribution in [0.1, 0.15) is 26.7 Å². The SMILES string of the molecule is CC(C)C(CCC(=O)Nc1ccc([N+](=O)[O-])cc1O)C(=O)O. The Balaban J connectivity index is 2.66. The number of aliphatic carboxylic acids is 1. The summed E-state index contributed by atoms with van der Waals surface area (Å²) < 4.78 is 0. The third-order valence-electron chi connectivity index (χ3n) is 3.27. The van der Waals surface area contributed by atoms with Crippen LogP contribution in [0.4, 0.5) is 11.4 Å². The van der Waals surface area contributed by atoms with Gasteiger partial charge in [-0.3, -0.25) is 19.7 Å². The van der Waals surface area contributed by atoms with Crippen molar-refractivity contribution >= 4 is 23.3 Å². The summed E-state index contributed by atoms with van der Waals surface area (Å²) in [5.74, 6) is -2.56. The number of hydrogen-bond donors (Lipinski definition) is 3. The lowest BCUT2D eigenvalue weighted by Gasteiger charge is -2.15. The summed E-state index contributed by atoms with van der Waals surface area (Å²) >= 11 is 0. The fraction of sp³-hybridized carbons (Fsp3) is 0.429. The van der Waals surface area contributed by atoms with Crippen LogP contribution >= 0.6 is 0 Å². The monoisotopic (exact) mass is 310 g/mol. The topological polar surface area (TPSA) is 130 Å². The molecule has 0 radical (unpaired) electrons. The van der Waals surface area contributed by atoms with Crippen molar-refractivity contribution in [2.45, 2.75) is 26.7 Å². The van der Waals surface area contributed by atoms with Crippen molar-refractivity contribution in [3.8, 4) is 5.75 Å². The Hall–Kier alpha value is -2.64. The maximum atomic E-state index is 11.8. The van der Waals surface area contributed by atoms with E-state index in [-0.39, 0.29) is 30.1 Å². The van der Waals surface area contributed by atoms with Crippen LogP contribution in [0, 0.1) is 22.0 Å². The molecule has 0 aliphatic carbocycles. The summed E-state index contributed by atoms with van der Waals surface area (Å²) in [7, 11) is 0. The highest BCUT2D eigenvalue weighted by atomic mass is 16.6. The van der Waals surface area contributed by atoms with Gasteiger partial charge in [0.15, 0.2) is 0 Å².